The molecule has 1 atom stereocenters. The largest absolute Gasteiger partial charge is 0.433 e. The second-order valence-electron chi connectivity index (χ2n) is 5.78. The Morgan fingerprint density at radius 1 is 1.19 bits per heavy atom. The number of hydrogen-bond donors (Lipinski definition) is 1. The molecule has 1 N–H and O–H groups in total. The maximum Gasteiger partial charge on any atom is 0.416 e. The van der Waals surface area contributed by atoms with Crippen LogP contribution in [0.2, 0.25) is 0 Å². The first-order valence-corrected chi connectivity index (χ1v) is 7.77. The van der Waals surface area contributed by atoms with Crippen LogP contribution in [0, 0.1) is 0 Å². The van der Waals surface area contributed by atoms with E-state index in [0.717, 1.165) is 12.1 Å². The van der Waals surface area contributed by atoms with Gasteiger partial charge >= 0.3 is 23.9 Å². The molecule has 0 amide bonds. The molecule has 0 saturated carbocycles. The van der Waals surface area contributed by atoms with Crippen molar-refractivity contribution in [3.8, 4) is 0 Å². The van der Waals surface area contributed by atoms with Gasteiger partial charge in [0.25, 0.3) is 0 Å². The second-order valence-corrected chi connectivity index (χ2v) is 5.78. The number of esters is 2. The van der Waals surface area contributed by atoms with Gasteiger partial charge in [-0.3, -0.25) is 4.74 Å². The number of carbonyl (C=O) groups is 2. The summed E-state index contributed by atoms with van der Waals surface area (Å²) in [5, 5.41) is 2.76. The number of nitrogens with one attached hydrogen (secondary N) is 1. The first-order valence-electron chi connectivity index (χ1n) is 7.77. The molecule has 1 fully saturated rings. The maximum atomic E-state index is 12.9. The molecule has 0 bridgehead atoms. The Morgan fingerprint density at radius 3 is 2.59 bits per heavy atom. The summed E-state index contributed by atoms with van der Waals surface area (Å²) in [4.78, 5) is 24.1. The Bertz CT molecular complexity index is 883. The molecule has 0 aliphatic carbocycles. The summed E-state index contributed by atoms with van der Waals surface area (Å²) < 4.78 is 53.3. The number of cyclic esters (lactones) is 1. The Kier molecular flexibility index (Phi) is 4.79. The van der Waals surface area contributed by atoms with E-state index in [-0.39, 0.29) is 23.7 Å². The van der Waals surface area contributed by atoms with Crippen molar-refractivity contribution >= 4 is 23.3 Å². The molecule has 1 aliphatic heterocycles. The lowest BCUT2D eigenvalue weighted by molar-refractivity contribution is -0.176. The summed E-state index contributed by atoms with van der Waals surface area (Å²) in [6.07, 6.45) is -4.50. The Labute approximate surface area is 151 Å². The second kappa shape index (κ2) is 6.92. The molecule has 2 aromatic carbocycles. The maximum absolute atomic E-state index is 12.9. The number of carbonyl (C=O) groups excluding carboxylic acids is 2. The van der Waals surface area contributed by atoms with E-state index in [1.807, 2.05) is 0 Å². The van der Waals surface area contributed by atoms with Crippen LogP contribution >= 0.6 is 0 Å². The Hall–Kier alpha value is -3.07. The number of anilines is 2. The summed E-state index contributed by atoms with van der Waals surface area (Å²) >= 11 is 0. The van der Waals surface area contributed by atoms with Crippen LogP contribution in [0.15, 0.2) is 48.5 Å². The van der Waals surface area contributed by atoms with E-state index in [1.54, 1.807) is 12.1 Å². The fraction of sp³-hybridized carbons (Fsp3) is 0.222. The Morgan fingerprint density at radius 2 is 1.93 bits per heavy atom. The van der Waals surface area contributed by atoms with Gasteiger partial charge in [0.1, 0.15) is 0 Å². The summed E-state index contributed by atoms with van der Waals surface area (Å²) in [6.45, 7) is 0.899. The highest BCUT2D eigenvalue weighted by molar-refractivity contribution is 5.98. The normalized spacial score (nSPS) is 19.5. The molecule has 142 valence electrons. The van der Waals surface area contributed by atoms with Crippen LogP contribution in [0.4, 0.5) is 24.5 Å². The third-order valence-corrected chi connectivity index (χ3v) is 3.80. The predicted molar refractivity (Wildman–Crippen MR) is 87.0 cm³/mol. The highest BCUT2D eigenvalue weighted by Crippen LogP contribution is 2.32. The molecule has 0 radical (unpaired) electrons. The lowest BCUT2D eigenvalue weighted by atomic mass is 10.1. The molecular formula is C18H14F3NO5. The molecule has 1 aliphatic rings. The highest BCUT2D eigenvalue weighted by atomic mass is 19.4. The first kappa shape index (κ1) is 18.7. The molecule has 1 saturated heterocycles. The fourth-order valence-corrected chi connectivity index (χ4v) is 2.39. The number of rotatable bonds is 4. The molecule has 6 nitrogen and oxygen atoms in total. The van der Waals surface area contributed by atoms with Crippen LogP contribution < -0.4 is 5.32 Å². The summed E-state index contributed by atoms with van der Waals surface area (Å²) in [5.41, 5.74) is -0.480. The third-order valence-electron chi connectivity index (χ3n) is 3.80. The van der Waals surface area contributed by atoms with Gasteiger partial charge in [0.05, 0.1) is 16.8 Å². The zero-order valence-corrected chi connectivity index (χ0v) is 14.0. The molecule has 0 aromatic heterocycles. The summed E-state index contributed by atoms with van der Waals surface area (Å²) in [6, 6.07) is 10.6. The molecule has 2 aromatic rings. The van der Waals surface area contributed by atoms with Gasteiger partial charge in [0, 0.05) is 12.6 Å². The van der Waals surface area contributed by atoms with Crippen LogP contribution in [0.5, 0.6) is 0 Å². The molecule has 0 spiro atoms. The van der Waals surface area contributed by atoms with E-state index in [4.69, 9.17) is 9.47 Å². The standard InChI is InChI=1S/C18H14F3NO5/c1-17(16(24)25-10-26-17)27-15(23)13-7-2-3-8-14(13)22-12-6-4-5-11(9-12)18(19,20)21/h2-9,22H,10H2,1H3. The van der Waals surface area contributed by atoms with Crippen LogP contribution in [-0.2, 0) is 25.2 Å². The monoisotopic (exact) mass is 381 g/mol. The quantitative estimate of drug-likeness (QED) is 0.811. The topological polar surface area (TPSA) is 73.9 Å². The zero-order chi connectivity index (χ0) is 19.7. The van der Waals surface area contributed by atoms with Crippen molar-refractivity contribution in [2.45, 2.75) is 18.9 Å². The molecule has 27 heavy (non-hydrogen) atoms. The zero-order valence-electron chi connectivity index (χ0n) is 14.0. The van der Waals surface area contributed by atoms with Crippen LogP contribution in [0.25, 0.3) is 0 Å². The summed E-state index contributed by atoms with van der Waals surface area (Å²) in [5.74, 6) is -3.62. The van der Waals surface area contributed by atoms with Crippen molar-refractivity contribution in [2.75, 3.05) is 12.1 Å². The van der Waals surface area contributed by atoms with Crippen molar-refractivity contribution in [1.29, 1.82) is 0 Å². The van der Waals surface area contributed by atoms with Crippen LogP contribution in [0.1, 0.15) is 22.8 Å². The van der Waals surface area contributed by atoms with Gasteiger partial charge in [-0.15, -0.1) is 0 Å². The third kappa shape index (κ3) is 4.03. The van der Waals surface area contributed by atoms with Crippen molar-refractivity contribution in [3.05, 3.63) is 59.7 Å². The number of para-hydroxylation sites is 1. The SMILES string of the molecule is CC1(OC(=O)c2ccccc2Nc2cccc(C(F)(F)F)c2)OCOC1=O. The van der Waals surface area contributed by atoms with Crippen molar-refractivity contribution in [3.63, 3.8) is 0 Å². The fourth-order valence-electron chi connectivity index (χ4n) is 2.39. The number of halogens is 3. The minimum Gasteiger partial charge on any atom is -0.433 e. The van der Waals surface area contributed by atoms with Gasteiger partial charge in [0.15, 0.2) is 6.79 Å². The molecule has 9 heteroatoms. The van der Waals surface area contributed by atoms with Crippen molar-refractivity contribution < 1.29 is 37.0 Å². The van der Waals surface area contributed by atoms with Gasteiger partial charge in [-0.2, -0.15) is 13.2 Å². The highest BCUT2D eigenvalue weighted by Gasteiger charge is 2.46. The Balaban J connectivity index is 1.84. The van der Waals surface area contributed by atoms with E-state index in [1.165, 1.54) is 31.2 Å². The number of ether oxygens (including phenoxy) is 3. The average molecular weight is 381 g/mol. The molecule has 3 rings (SSSR count). The lowest BCUT2D eigenvalue weighted by Crippen LogP contribution is -2.38. The molecular weight excluding hydrogens is 367 g/mol. The van der Waals surface area contributed by atoms with E-state index in [0.29, 0.717) is 0 Å². The van der Waals surface area contributed by atoms with Gasteiger partial charge < -0.3 is 14.8 Å². The van der Waals surface area contributed by atoms with Crippen LogP contribution in [0.3, 0.4) is 0 Å². The van der Waals surface area contributed by atoms with Gasteiger partial charge in [-0.1, -0.05) is 18.2 Å². The average Bonchev–Trinajstić information content (AvgIpc) is 2.93. The van der Waals surface area contributed by atoms with E-state index in [9.17, 15) is 22.8 Å². The van der Waals surface area contributed by atoms with E-state index < -0.39 is 29.5 Å². The number of benzene rings is 2. The van der Waals surface area contributed by atoms with Crippen molar-refractivity contribution in [1.82, 2.24) is 0 Å². The number of hydrogen-bond acceptors (Lipinski definition) is 6. The van der Waals surface area contributed by atoms with Gasteiger partial charge in [0.2, 0.25) is 0 Å². The first-order chi connectivity index (χ1) is 12.7. The molecule has 1 unspecified atom stereocenters. The van der Waals surface area contributed by atoms with Gasteiger partial charge in [-0.25, -0.2) is 9.59 Å². The van der Waals surface area contributed by atoms with E-state index in [2.05, 4.69) is 10.1 Å². The lowest BCUT2D eigenvalue weighted by Gasteiger charge is -2.20. The van der Waals surface area contributed by atoms with Gasteiger partial charge in [-0.05, 0) is 30.3 Å². The molecule has 1 heterocycles. The van der Waals surface area contributed by atoms with Crippen LogP contribution in [-0.4, -0.2) is 24.5 Å². The predicted octanol–water partition coefficient (Wildman–Crippen LogP) is 3.85. The minimum absolute atomic E-state index is 0.0134. The summed E-state index contributed by atoms with van der Waals surface area (Å²) in [7, 11) is 0. The number of alkyl halides is 3. The van der Waals surface area contributed by atoms with Crippen molar-refractivity contribution in [2.24, 2.45) is 0 Å². The minimum atomic E-state index is -4.50. The smallest absolute Gasteiger partial charge is 0.416 e. The van der Waals surface area contributed by atoms with E-state index >= 15 is 0 Å².